The van der Waals surface area contributed by atoms with Crippen LogP contribution in [-0.4, -0.2) is 0 Å². The fourth-order valence-corrected chi connectivity index (χ4v) is 5.90. The third kappa shape index (κ3) is 2.53. The molecule has 0 spiro atoms. The fourth-order valence-electron chi connectivity index (χ4n) is 3.11. The summed E-state index contributed by atoms with van der Waals surface area (Å²) in [5.74, 6) is 6.54. The van der Waals surface area contributed by atoms with Crippen LogP contribution in [-0.2, 0) is 0 Å². The summed E-state index contributed by atoms with van der Waals surface area (Å²) < 4.78 is 5.52. The molecule has 0 aliphatic heterocycles. The lowest BCUT2D eigenvalue weighted by Gasteiger charge is -1.94. The molecule has 0 amide bonds. The second kappa shape index (κ2) is 5.74. The molecule has 0 fully saturated rings. The van der Waals surface area contributed by atoms with Gasteiger partial charge in [-0.2, -0.15) is 0 Å². The first-order valence-corrected chi connectivity index (χ1v) is 9.84. The zero-order valence-corrected chi connectivity index (χ0v) is 15.3. The first kappa shape index (κ1) is 14.7. The van der Waals surface area contributed by atoms with E-state index in [1.807, 2.05) is 53.0 Å². The maximum Gasteiger partial charge on any atom is 0.0542 e. The Morgan fingerprint density at radius 1 is 0.640 bits per heavy atom. The van der Waals surface area contributed by atoms with Crippen LogP contribution >= 0.6 is 22.7 Å². The summed E-state index contributed by atoms with van der Waals surface area (Å²) in [7, 11) is 0. The summed E-state index contributed by atoms with van der Waals surface area (Å²) in [6.45, 7) is 2.16. The van der Waals surface area contributed by atoms with Crippen LogP contribution in [0, 0.1) is 18.8 Å². The molecule has 0 saturated heterocycles. The normalized spacial score (nSPS) is 11.1. The van der Waals surface area contributed by atoms with Crippen LogP contribution in [0.15, 0.2) is 66.7 Å². The highest BCUT2D eigenvalue weighted by molar-refractivity contribution is 7.36. The van der Waals surface area contributed by atoms with Crippen LogP contribution in [0.1, 0.15) is 16.7 Å². The van der Waals surface area contributed by atoms with Crippen molar-refractivity contribution in [1.82, 2.24) is 0 Å². The summed E-state index contributed by atoms with van der Waals surface area (Å²) in [5.41, 5.74) is 3.45. The van der Waals surface area contributed by atoms with E-state index in [1.165, 1.54) is 35.1 Å². The van der Waals surface area contributed by atoms with E-state index in [0.29, 0.717) is 0 Å². The maximum atomic E-state index is 3.29. The lowest BCUT2D eigenvalue weighted by atomic mass is 10.1. The van der Waals surface area contributed by atoms with Crippen molar-refractivity contribution in [1.29, 1.82) is 0 Å². The summed E-state index contributed by atoms with van der Waals surface area (Å²) >= 11 is 3.78. The second-order valence-electron chi connectivity index (χ2n) is 6.19. The van der Waals surface area contributed by atoms with Gasteiger partial charge < -0.3 is 0 Å². The Bertz CT molecular complexity index is 1290. The van der Waals surface area contributed by atoms with E-state index in [9.17, 15) is 0 Å². The molecule has 0 nitrogen and oxygen atoms in total. The monoisotopic (exact) mass is 354 g/mol. The van der Waals surface area contributed by atoms with Gasteiger partial charge in [0.25, 0.3) is 0 Å². The Balaban J connectivity index is 1.65. The van der Waals surface area contributed by atoms with Gasteiger partial charge in [-0.05, 0) is 42.8 Å². The zero-order chi connectivity index (χ0) is 16.8. The van der Waals surface area contributed by atoms with Crippen molar-refractivity contribution < 1.29 is 0 Å². The Morgan fingerprint density at radius 2 is 1.28 bits per heavy atom. The van der Waals surface area contributed by atoms with Gasteiger partial charge in [-0.15, -0.1) is 22.7 Å². The number of thiophene rings is 2. The van der Waals surface area contributed by atoms with Crippen LogP contribution in [0.3, 0.4) is 0 Å². The second-order valence-corrected chi connectivity index (χ2v) is 8.29. The maximum absolute atomic E-state index is 3.29. The molecule has 3 aromatic carbocycles. The smallest absolute Gasteiger partial charge is 0.0542 e. The molecule has 118 valence electrons. The molecule has 0 aliphatic carbocycles. The number of benzene rings is 3. The van der Waals surface area contributed by atoms with E-state index in [-0.39, 0.29) is 0 Å². The first-order valence-electron chi connectivity index (χ1n) is 8.20. The molecule has 5 aromatic rings. The molecule has 5 rings (SSSR count). The van der Waals surface area contributed by atoms with Crippen LogP contribution in [0.25, 0.3) is 29.6 Å². The summed E-state index contributed by atoms with van der Waals surface area (Å²) in [6.07, 6.45) is 0. The van der Waals surface area contributed by atoms with E-state index in [0.717, 1.165) is 11.1 Å². The minimum atomic E-state index is 1.05. The number of aryl methyl sites for hydroxylation is 1. The highest BCUT2D eigenvalue weighted by Crippen LogP contribution is 2.44. The Morgan fingerprint density at radius 3 is 2.04 bits per heavy atom. The van der Waals surface area contributed by atoms with Crippen molar-refractivity contribution in [2.45, 2.75) is 6.92 Å². The van der Waals surface area contributed by atoms with E-state index in [4.69, 9.17) is 0 Å². The molecule has 0 atom stereocenters. The average molecular weight is 354 g/mol. The third-order valence-electron chi connectivity index (χ3n) is 4.36. The Kier molecular flexibility index (Phi) is 3.38. The van der Waals surface area contributed by atoms with Gasteiger partial charge in [0.15, 0.2) is 0 Å². The molecular weight excluding hydrogens is 340 g/mol. The quantitative estimate of drug-likeness (QED) is 0.263. The van der Waals surface area contributed by atoms with Gasteiger partial charge in [0.1, 0.15) is 0 Å². The molecule has 0 unspecified atom stereocenters. The Hall–Kier alpha value is -2.60. The van der Waals surface area contributed by atoms with E-state index >= 15 is 0 Å². The van der Waals surface area contributed by atoms with Crippen LogP contribution in [0.5, 0.6) is 0 Å². The Labute approximate surface area is 154 Å². The molecule has 0 aliphatic rings. The third-order valence-corrected chi connectivity index (χ3v) is 6.86. The molecule has 0 radical (unpaired) electrons. The van der Waals surface area contributed by atoms with Gasteiger partial charge in [-0.1, -0.05) is 48.2 Å². The number of rotatable bonds is 0. The standard InChI is InChI=1S/C23H14S2/c1-15-7-11-18-20(13-15)24-23-19-12-10-17(14-21(19)25-22(18)23)9-8-16-5-3-2-4-6-16/h2-7,10-14H,1H3. The van der Waals surface area contributed by atoms with Crippen molar-refractivity contribution in [3.63, 3.8) is 0 Å². The first-order chi connectivity index (χ1) is 12.3. The van der Waals surface area contributed by atoms with Gasteiger partial charge >= 0.3 is 0 Å². The summed E-state index contributed by atoms with van der Waals surface area (Å²) in [4.78, 5) is 0. The van der Waals surface area contributed by atoms with Gasteiger partial charge in [-0.3, -0.25) is 0 Å². The highest BCUT2D eigenvalue weighted by atomic mass is 32.1. The molecule has 0 bridgehead atoms. The molecule has 25 heavy (non-hydrogen) atoms. The predicted octanol–water partition coefficient (Wildman–Crippen LogP) is 6.98. The van der Waals surface area contributed by atoms with Crippen molar-refractivity contribution in [3.8, 4) is 11.8 Å². The van der Waals surface area contributed by atoms with Gasteiger partial charge in [-0.25, -0.2) is 0 Å². The van der Waals surface area contributed by atoms with Crippen molar-refractivity contribution in [2.75, 3.05) is 0 Å². The van der Waals surface area contributed by atoms with Crippen LogP contribution in [0.2, 0.25) is 0 Å². The number of fused-ring (bicyclic) bond motifs is 5. The lowest BCUT2D eigenvalue weighted by molar-refractivity contribution is 1.52. The minimum Gasteiger partial charge on any atom is -0.134 e. The van der Waals surface area contributed by atoms with Crippen molar-refractivity contribution in [3.05, 3.63) is 83.4 Å². The SMILES string of the molecule is Cc1ccc2c(c1)sc1c3ccc(C#Cc4ccccc4)cc3sc21. The zero-order valence-electron chi connectivity index (χ0n) is 13.7. The molecule has 2 heteroatoms. The van der Waals surface area contributed by atoms with Crippen molar-refractivity contribution >= 4 is 52.2 Å². The number of hydrogen-bond acceptors (Lipinski definition) is 2. The molecule has 0 saturated carbocycles. The summed E-state index contributed by atoms with van der Waals surface area (Å²) in [6, 6.07) is 23.5. The van der Waals surface area contributed by atoms with Crippen molar-refractivity contribution in [2.24, 2.45) is 0 Å². The van der Waals surface area contributed by atoms with E-state index in [2.05, 4.69) is 55.2 Å². The number of hydrogen-bond donors (Lipinski definition) is 0. The molecule has 2 heterocycles. The van der Waals surface area contributed by atoms with Crippen LogP contribution in [0.4, 0.5) is 0 Å². The highest BCUT2D eigenvalue weighted by Gasteiger charge is 2.12. The van der Waals surface area contributed by atoms with Gasteiger partial charge in [0, 0.05) is 31.3 Å². The summed E-state index contributed by atoms with van der Waals surface area (Å²) in [5, 5.41) is 2.73. The lowest BCUT2D eigenvalue weighted by Crippen LogP contribution is -1.75. The fraction of sp³-hybridized carbons (Fsp3) is 0.0435. The van der Waals surface area contributed by atoms with E-state index in [1.54, 1.807) is 0 Å². The van der Waals surface area contributed by atoms with Gasteiger partial charge in [0.2, 0.25) is 0 Å². The minimum absolute atomic E-state index is 1.05. The largest absolute Gasteiger partial charge is 0.134 e. The van der Waals surface area contributed by atoms with Crippen LogP contribution < -0.4 is 0 Å². The molecular formula is C23H14S2. The average Bonchev–Trinajstić information content (AvgIpc) is 3.15. The molecule has 0 N–H and O–H groups in total. The van der Waals surface area contributed by atoms with E-state index < -0.39 is 0 Å². The topological polar surface area (TPSA) is 0 Å². The predicted molar refractivity (Wildman–Crippen MR) is 112 cm³/mol. The van der Waals surface area contributed by atoms with Gasteiger partial charge in [0.05, 0.1) is 9.40 Å². The molecule has 2 aromatic heterocycles.